The third-order valence-electron chi connectivity index (χ3n) is 3.42. The first-order valence-corrected chi connectivity index (χ1v) is 10.6. The Morgan fingerprint density at radius 3 is 2.63 bits per heavy atom. The number of ether oxygens (including phenoxy) is 2. The Morgan fingerprint density at radius 2 is 1.89 bits per heavy atom. The zero-order chi connectivity index (χ0) is 19.5. The smallest absolute Gasteiger partial charge is 0.250 e. The fourth-order valence-corrected chi connectivity index (χ4v) is 3.66. The van der Waals surface area contributed by atoms with Gasteiger partial charge in [0, 0.05) is 10.2 Å². The van der Waals surface area contributed by atoms with Crippen molar-refractivity contribution in [3.05, 3.63) is 58.1 Å². The number of halogens is 1. The van der Waals surface area contributed by atoms with E-state index < -0.39 is 0 Å². The van der Waals surface area contributed by atoms with Crippen molar-refractivity contribution in [3.8, 4) is 11.5 Å². The number of nitrogens with zero attached hydrogens (tertiary/aromatic N) is 1. The maximum Gasteiger partial charge on any atom is 0.250 e. The lowest BCUT2D eigenvalue weighted by molar-refractivity contribution is -0.118. The average Bonchev–Trinajstić information content (AvgIpc) is 2.66. The lowest BCUT2D eigenvalue weighted by Crippen LogP contribution is -2.19. The monoisotopic (exact) mass is 450 g/mol. The number of nitrogens with one attached hydrogen (secondary N) is 1. The Hall–Kier alpha value is -1.99. The lowest BCUT2D eigenvalue weighted by Gasteiger charge is -2.11. The molecule has 2 aromatic rings. The zero-order valence-electron chi connectivity index (χ0n) is 15.4. The van der Waals surface area contributed by atoms with E-state index in [0.717, 1.165) is 21.4 Å². The highest BCUT2D eigenvalue weighted by Gasteiger charge is 2.06. The number of hydrogen-bond donors (Lipinski definition) is 1. The van der Waals surface area contributed by atoms with Gasteiger partial charge in [0.1, 0.15) is 0 Å². The molecule has 0 radical (unpaired) electrons. The maximum absolute atomic E-state index is 11.9. The van der Waals surface area contributed by atoms with Crippen molar-refractivity contribution in [2.24, 2.45) is 5.10 Å². The zero-order valence-corrected chi connectivity index (χ0v) is 17.8. The first-order valence-electron chi connectivity index (χ1n) is 8.66. The van der Waals surface area contributed by atoms with Crippen LogP contribution in [0.5, 0.6) is 11.5 Å². The van der Waals surface area contributed by atoms with Crippen LogP contribution in [-0.4, -0.2) is 31.1 Å². The number of hydrazone groups is 1. The normalized spacial score (nSPS) is 10.8. The number of amides is 1. The summed E-state index contributed by atoms with van der Waals surface area (Å²) in [5.74, 6) is 2.32. The Kier molecular flexibility index (Phi) is 9.21. The summed E-state index contributed by atoms with van der Waals surface area (Å²) in [5, 5.41) is 4.02. The van der Waals surface area contributed by atoms with Gasteiger partial charge >= 0.3 is 0 Å². The van der Waals surface area contributed by atoms with Gasteiger partial charge in [0.15, 0.2) is 11.5 Å². The van der Waals surface area contributed by atoms with Crippen molar-refractivity contribution in [1.29, 1.82) is 0 Å². The van der Waals surface area contributed by atoms with Crippen LogP contribution >= 0.6 is 27.7 Å². The molecule has 1 amide bonds. The van der Waals surface area contributed by atoms with Crippen LogP contribution in [0.4, 0.5) is 0 Å². The summed E-state index contributed by atoms with van der Waals surface area (Å²) in [6.45, 7) is 4.96. The van der Waals surface area contributed by atoms with Gasteiger partial charge in [-0.2, -0.15) is 5.10 Å². The molecule has 0 saturated carbocycles. The molecule has 0 aliphatic heterocycles. The molecule has 0 fully saturated rings. The third kappa shape index (κ3) is 7.27. The summed E-state index contributed by atoms with van der Waals surface area (Å²) in [7, 11) is 0. The van der Waals surface area contributed by atoms with E-state index in [1.807, 2.05) is 56.3 Å². The number of carbonyl (C=O) groups is 1. The number of carbonyl (C=O) groups excluding carboxylic acids is 1. The molecule has 0 atom stereocenters. The van der Waals surface area contributed by atoms with Crippen LogP contribution in [-0.2, 0) is 10.5 Å². The van der Waals surface area contributed by atoms with E-state index in [2.05, 4.69) is 26.5 Å². The van der Waals surface area contributed by atoms with Crippen molar-refractivity contribution in [3.63, 3.8) is 0 Å². The quantitative estimate of drug-likeness (QED) is 0.423. The first kappa shape index (κ1) is 21.3. The van der Waals surface area contributed by atoms with Crippen LogP contribution in [0.3, 0.4) is 0 Å². The van der Waals surface area contributed by atoms with Crippen LogP contribution in [0.15, 0.2) is 52.0 Å². The molecule has 0 saturated heterocycles. The summed E-state index contributed by atoms with van der Waals surface area (Å²) in [4.78, 5) is 11.9. The van der Waals surface area contributed by atoms with Crippen molar-refractivity contribution in [2.75, 3.05) is 19.0 Å². The standard InChI is InChI=1S/C20H23BrN2O3S/c1-3-25-18-10-9-15(11-19(18)26-4-2)12-22-23-20(24)14-27-13-16-7-5-6-8-17(16)21/h5-12H,3-4,13-14H2,1-2H3,(H,23,24). The highest BCUT2D eigenvalue weighted by atomic mass is 79.9. The van der Waals surface area contributed by atoms with Crippen LogP contribution < -0.4 is 14.9 Å². The molecule has 0 heterocycles. The highest BCUT2D eigenvalue weighted by molar-refractivity contribution is 9.10. The molecular formula is C20H23BrN2O3S. The molecule has 2 aromatic carbocycles. The Morgan fingerprint density at radius 1 is 1.15 bits per heavy atom. The summed E-state index contributed by atoms with van der Waals surface area (Å²) in [5.41, 5.74) is 4.54. The van der Waals surface area contributed by atoms with Gasteiger partial charge in [-0.25, -0.2) is 5.43 Å². The van der Waals surface area contributed by atoms with Crippen LogP contribution in [0.1, 0.15) is 25.0 Å². The summed E-state index contributed by atoms with van der Waals surface area (Å²) in [6.07, 6.45) is 1.59. The van der Waals surface area contributed by atoms with Crippen molar-refractivity contribution >= 4 is 39.8 Å². The van der Waals surface area contributed by atoms with E-state index in [1.165, 1.54) is 11.8 Å². The molecule has 0 bridgehead atoms. The second kappa shape index (κ2) is 11.7. The van der Waals surface area contributed by atoms with E-state index in [1.54, 1.807) is 6.21 Å². The van der Waals surface area contributed by atoms with Crippen LogP contribution in [0, 0.1) is 0 Å². The van der Waals surface area contributed by atoms with Gasteiger partial charge in [0.2, 0.25) is 5.91 Å². The van der Waals surface area contributed by atoms with E-state index in [4.69, 9.17) is 9.47 Å². The molecule has 0 spiro atoms. The predicted octanol–water partition coefficient (Wildman–Crippen LogP) is 4.63. The molecule has 144 valence electrons. The lowest BCUT2D eigenvalue weighted by atomic mass is 10.2. The SMILES string of the molecule is CCOc1ccc(C=NNC(=O)CSCc2ccccc2Br)cc1OCC. The molecule has 0 aliphatic carbocycles. The molecule has 0 aliphatic rings. The Labute approximate surface area is 172 Å². The summed E-state index contributed by atoms with van der Waals surface area (Å²) < 4.78 is 12.2. The van der Waals surface area contributed by atoms with Crippen LogP contribution in [0.2, 0.25) is 0 Å². The first-order chi connectivity index (χ1) is 13.1. The summed E-state index contributed by atoms with van der Waals surface area (Å²) >= 11 is 5.05. The molecule has 27 heavy (non-hydrogen) atoms. The number of thioether (sulfide) groups is 1. The van der Waals surface area contributed by atoms with Crippen molar-refractivity contribution < 1.29 is 14.3 Å². The Bertz CT molecular complexity index is 784. The van der Waals surface area contributed by atoms with E-state index >= 15 is 0 Å². The number of hydrogen-bond acceptors (Lipinski definition) is 5. The molecule has 1 N–H and O–H groups in total. The topological polar surface area (TPSA) is 59.9 Å². The van der Waals surface area contributed by atoms with E-state index in [-0.39, 0.29) is 5.91 Å². The number of benzene rings is 2. The van der Waals surface area contributed by atoms with Crippen LogP contribution in [0.25, 0.3) is 0 Å². The van der Waals surface area contributed by atoms with Gasteiger partial charge < -0.3 is 9.47 Å². The minimum Gasteiger partial charge on any atom is -0.490 e. The van der Waals surface area contributed by atoms with Gasteiger partial charge in [-0.05, 0) is 49.2 Å². The minimum absolute atomic E-state index is 0.140. The van der Waals surface area contributed by atoms with Crippen molar-refractivity contribution in [2.45, 2.75) is 19.6 Å². The molecule has 5 nitrogen and oxygen atoms in total. The average molecular weight is 451 g/mol. The fraction of sp³-hybridized carbons (Fsp3) is 0.300. The highest BCUT2D eigenvalue weighted by Crippen LogP contribution is 2.28. The fourth-order valence-electron chi connectivity index (χ4n) is 2.23. The molecule has 0 unspecified atom stereocenters. The van der Waals surface area contributed by atoms with Gasteiger partial charge in [-0.1, -0.05) is 34.1 Å². The van der Waals surface area contributed by atoms with Gasteiger partial charge in [-0.3, -0.25) is 4.79 Å². The van der Waals surface area contributed by atoms with Crippen molar-refractivity contribution in [1.82, 2.24) is 5.43 Å². The summed E-state index contributed by atoms with van der Waals surface area (Å²) in [6, 6.07) is 13.5. The number of rotatable bonds is 10. The van der Waals surface area contributed by atoms with E-state index in [9.17, 15) is 4.79 Å². The molecular weight excluding hydrogens is 428 g/mol. The van der Waals surface area contributed by atoms with Gasteiger partial charge in [-0.15, -0.1) is 11.8 Å². The molecule has 2 rings (SSSR count). The molecule has 7 heteroatoms. The predicted molar refractivity (Wildman–Crippen MR) is 115 cm³/mol. The minimum atomic E-state index is -0.140. The van der Waals surface area contributed by atoms with Gasteiger partial charge in [0.05, 0.1) is 25.2 Å². The molecule has 0 aromatic heterocycles. The Balaban J connectivity index is 1.82. The van der Waals surface area contributed by atoms with E-state index in [0.29, 0.717) is 30.5 Å². The maximum atomic E-state index is 11.9. The third-order valence-corrected chi connectivity index (χ3v) is 5.17. The largest absolute Gasteiger partial charge is 0.490 e. The van der Waals surface area contributed by atoms with Gasteiger partial charge in [0.25, 0.3) is 0 Å². The second-order valence-corrected chi connectivity index (χ2v) is 7.29. The second-order valence-electron chi connectivity index (χ2n) is 5.45.